The van der Waals surface area contributed by atoms with E-state index >= 15 is 0 Å². The van der Waals surface area contributed by atoms with E-state index in [1.807, 2.05) is 30.3 Å². The van der Waals surface area contributed by atoms with Gasteiger partial charge in [-0.3, -0.25) is 9.36 Å². The number of anilines is 1. The largest absolute Gasteiger partial charge is 0.493 e. The first-order chi connectivity index (χ1) is 16.5. The Morgan fingerprint density at radius 2 is 2.00 bits per heavy atom. The highest BCUT2D eigenvalue weighted by atomic mass is 32.1. The fourth-order valence-electron chi connectivity index (χ4n) is 4.49. The number of aromatic amines is 1. The summed E-state index contributed by atoms with van der Waals surface area (Å²) in [5.41, 5.74) is 0.852. The lowest BCUT2D eigenvalue weighted by Gasteiger charge is -2.26. The van der Waals surface area contributed by atoms with Crippen LogP contribution in [-0.2, 0) is 16.0 Å². The quantitative estimate of drug-likeness (QED) is 0.417. The average Bonchev–Trinajstić information content (AvgIpc) is 3.42. The molecule has 1 aliphatic carbocycles. The fraction of sp³-hybridized carbons (Fsp3) is 0.417. The Labute approximate surface area is 200 Å². The minimum atomic E-state index is -0.915. The van der Waals surface area contributed by atoms with Crippen LogP contribution in [0.1, 0.15) is 66.3 Å². The van der Waals surface area contributed by atoms with Crippen LogP contribution in [0.15, 0.2) is 40.5 Å². The van der Waals surface area contributed by atoms with Crippen LogP contribution in [0.2, 0.25) is 0 Å². The molecule has 9 nitrogen and oxygen atoms in total. The van der Waals surface area contributed by atoms with Crippen LogP contribution in [0.3, 0.4) is 0 Å². The SMILES string of the molecule is COC(=O)c1csc(NC(=O)[C@H](CC2CCCCC2)n2c(O)c(Cc3ccccc3)[nH]c2=O)n1. The summed E-state index contributed by atoms with van der Waals surface area (Å²) in [7, 11) is 1.26. The zero-order chi connectivity index (χ0) is 24.1. The second-order valence-electron chi connectivity index (χ2n) is 8.54. The van der Waals surface area contributed by atoms with E-state index in [0.29, 0.717) is 18.5 Å². The van der Waals surface area contributed by atoms with Gasteiger partial charge in [0.1, 0.15) is 6.04 Å². The number of hydrogen-bond donors (Lipinski definition) is 3. The molecular formula is C24H28N4O5S. The van der Waals surface area contributed by atoms with Gasteiger partial charge in [-0.05, 0) is 17.9 Å². The van der Waals surface area contributed by atoms with E-state index in [9.17, 15) is 19.5 Å². The van der Waals surface area contributed by atoms with Crippen LogP contribution in [0.5, 0.6) is 5.88 Å². The van der Waals surface area contributed by atoms with Gasteiger partial charge in [-0.25, -0.2) is 14.6 Å². The molecule has 2 heterocycles. The maximum absolute atomic E-state index is 13.4. The summed E-state index contributed by atoms with van der Waals surface area (Å²) in [6.45, 7) is 0. The van der Waals surface area contributed by atoms with Gasteiger partial charge in [0.15, 0.2) is 10.8 Å². The topological polar surface area (TPSA) is 126 Å². The third kappa shape index (κ3) is 5.39. The van der Waals surface area contributed by atoms with Gasteiger partial charge in [0.25, 0.3) is 0 Å². The number of hydrogen-bond acceptors (Lipinski definition) is 7. The molecule has 0 unspecified atom stereocenters. The molecule has 2 aromatic heterocycles. The summed E-state index contributed by atoms with van der Waals surface area (Å²) < 4.78 is 5.81. The average molecular weight is 485 g/mol. The van der Waals surface area contributed by atoms with Gasteiger partial charge >= 0.3 is 11.7 Å². The smallest absolute Gasteiger partial charge is 0.357 e. The van der Waals surface area contributed by atoms with E-state index in [2.05, 4.69) is 20.0 Å². The minimum absolute atomic E-state index is 0.0958. The van der Waals surface area contributed by atoms with E-state index in [4.69, 9.17) is 0 Å². The number of H-pyrrole nitrogens is 1. The first kappa shape index (κ1) is 23.7. The lowest BCUT2D eigenvalue weighted by Crippen LogP contribution is -2.33. The van der Waals surface area contributed by atoms with Crippen LogP contribution in [0.4, 0.5) is 5.13 Å². The van der Waals surface area contributed by atoms with Gasteiger partial charge in [0.2, 0.25) is 11.8 Å². The van der Waals surface area contributed by atoms with Crippen molar-refractivity contribution in [3.8, 4) is 5.88 Å². The predicted octanol–water partition coefficient (Wildman–Crippen LogP) is 3.87. The highest BCUT2D eigenvalue weighted by Gasteiger charge is 2.31. The molecule has 1 amide bonds. The number of aromatic hydroxyl groups is 1. The monoisotopic (exact) mass is 484 g/mol. The number of nitrogens with one attached hydrogen (secondary N) is 2. The summed E-state index contributed by atoms with van der Waals surface area (Å²) in [4.78, 5) is 44.8. The zero-order valence-corrected chi connectivity index (χ0v) is 19.8. The van der Waals surface area contributed by atoms with Gasteiger partial charge in [-0.15, -0.1) is 11.3 Å². The Morgan fingerprint density at radius 1 is 1.26 bits per heavy atom. The number of amides is 1. The standard InChI is InChI=1S/C24H28N4O5S/c1-33-22(31)18-14-34-23(25-18)27-20(29)19(13-16-10-6-3-7-11-16)28-21(30)17(26-24(28)32)12-15-8-4-2-5-9-15/h2,4-5,8-9,14,16,19,30H,3,6-7,10-13H2,1H3,(H,26,32)(H,25,27,29)/t19-/m0/s1. The van der Waals surface area contributed by atoms with Crippen LogP contribution < -0.4 is 11.0 Å². The third-order valence-corrected chi connectivity index (χ3v) is 6.98. The Kier molecular flexibility index (Phi) is 7.46. The van der Waals surface area contributed by atoms with Crippen LogP contribution >= 0.6 is 11.3 Å². The molecule has 0 saturated heterocycles. The second-order valence-corrected chi connectivity index (χ2v) is 9.40. The van der Waals surface area contributed by atoms with Gasteiger partial charge in [0.05, 0.1) is 12.8 Å². The molecule has 3 aromatic rings. The van der Waals surface area contributed by atoms with E-state index in [1.54, 1.807) is 0 Å². The van der Waals surface area contributed by atoms with E-state index in [1.165, 1.54) is 18.9 Å². The molecule has 1 aromatic carbocycles. The fourth-order valence-corrected chi connectivity index (χ4v) is 5.17. The normalized spacial score (nSPS) is 15.1. The summed E-state index contributed by atoms with van der Waals surface area (Å²) in [5.74, 6) is -1.02. The van der Waals surface area contributed by atoms with E-state index < -0.39 is 23.6 Å². The molecule has 1 aliphatic rings. The number of aromatic nitrogens is 3. The summed E-state index contributed by atoms with van der Waals surface area (Å²) in [5, 5.41) is 15.4. The van der Waals surface area contributed by atoms with Crippen molar-refractivity contribution in [3.63, 3.8) is 0 Å². The number of methoxy groups -OCH3 is 1. The Bertz CT molecular complexity index is 1190. The molecule has 1 fully saturated rings. The number of thiazole rings is 1. The highest BCUT2D eigenvalue weighted by molar-refractivity contribution is 7.14. The summed E-state index contributed by atoms with van der Waals surface area (Å²) in [6.07, 6.45) is 6.05. The molecule has 0 aliphatic heterocycles. The van der Waals surface area contributed by atoms with Gasteiger partial charge in [0, 0.05) is 11.8 Å². The Balaban J connectivity index is 1.61. The van der Waals surface area contributed by atoms with Crippen molar-refractivity contribution >= 4 is 28.3 Å². The second kappa shape index (κ2) is 10.7. The van der Waals surface area contributed by atoms with Crippen molar-refractivity contribution in [1.82, 2.24) is 14.5 Å². The minimum Gasteiger partial charge on any atom is -0.493 e. The summed E-state index contributed by atoms with van der Waals surface area (Å²) in [6, 6.07) is 8.56. The van der Waals surface area contributed by atoms with Gasteiger partial charge in [-0.1, -0.05) is 62.4 Å². The number of nitrogens with zero attached hydrogens (tertiary/aromatic N) is 2. The number of imidazole rings is 1. The Morgan fingerprint density at radius 3 is 2.71 bits per heavy atom. The van der Waals surface area contributed by atoms with E-state index in [-0.39, 0.29) is 22.6 Å². The van der Waals surface area contributed by atoms with Crippen molar-refractivity contribution in [3.05, 3.63) is 63.1 Å². The van der Waals surface area contributed by atoms with Crippen LogP contribution in [0, 0.1) is 5.92 Å². The van der Waals surface area contributed by atoms with E-state index in [0.717, 1.165) is 47.2 Å². The van der Waals surface area contributed by atoms with Crippen molar-refractivity contribution in [2.45, 2.75) is 51.0 Å². The molecule has 34 heavy (non-hydrogen) atoms. The number of ether oxygens (including phenoxy) is 1. The number of rotatable bonds is 8. The molecule has 4 rings (SSSR count). The predicted molar refractivity (Wildman–Crippen MR) is 128 cm³/mol. The lowest BCUT2D eigenvalue weighted by molar-refractivity contribution is -0.120. The van der Waals surface area contributed by atoms with Crippen LogP contribution in [-0.4, -0.2) is 38.6 Å². The molecule has 1 atom stereocenters. The maximum Gasteiger partial charge on any atom is 0.357 e. The van der Waals surface area contributed by atoms with Gasteiger partial charge < -0.3 is 20.1 Å². The number of esters is 1. The van der Waals surface area contributed by atoms with Crippen molar-refractivity contribution in [2.24, 2.45) is 5.92 Å². The zero-order valence-electron chi connectivity index (χ0n) is 19.0. The number of carbonyl (C=O) groups excluding carboxylic acids is 2. The molecule has 10 heteroatoms. The highest BCUT2D eigenvalue weighted by Crippen LogP contribution is 2.33. The van der Waals surface area contributed by atoms with Gasteiger partial charge in [-0.2, -0.15) is 0 Å². The summed E-state index contributed by atoms with van der Waals surface area (Å²) >= 11 is 1.09. The van der Waals surface area contributed by atoms with Crippen molar-refractivity contribution in [2.75, 3.05) is 12.4 Å². The molecule has 0 bridgehead atoms. The molecule has 0 radical (unpaired) electrons. The molecule has 180 valence electrons. The molecule has 3 N–H and O–H groups in total. The van der Waals surface area contributed by atoms with Crippen molar-refractivity contribution in [1.29, 1.82) is 0 Å². The lowest BCUT2D eigenvalue weighted by atomic mass is 9.84. The van der Waals surface area contributed by atoms with Crippen LogP contribution in [0.25, 0.3) is 0 Å². The first-order valence-electron chi connectivity index (χ1n) is 11.4. The first-order valence-corrected chi connectivity index (χ1v) is 12.2. The maximum atomic E-state index is 13.4. The number of carbonyl (C=O) groups is 2. The third-order valence-electron chi connectivity index (χ3n) is 6.22. The Hall–Kier alpha value is -3.40. The molecule has 1 saturated carbocycles. The number of benzene rings is 1. The molecular weight excluding hydrogens is 456 g/mol. The van der Waals surface area contributed by atoms with Crippen molar-refractivity contribution < 1.29 is 19.4 Å². The molecule has 0 spiro atoms.